The molecule has 2 aromatic carbocycles. The van der Waals surface area contributed by atoms with Gasteiger partial charge < -0.3 is 15.4 Å². The Kier molecular flexibility index (Phi) is 6.43. The predicted molar refractivity (Wildman–Crippen MR) is 127 cm³/mol. The number of hydrogen-bond donors (Lipinski definition) is 3. The van der Waals surface area contributed by atoms with E-state index >= 15 is 0 Å². The predicted octanol–water partition coefficient (Wildman–Crippen LogP) is 3.16. The second-order valence-corrected chi connectivity index (χ2v) is 8.59. The summed E-state index contributed by atoms with van der Waals surface area (Å²) in [6.07, 6.45) is 5.45. The van der Waals surface area contributed by atoms with Crippen molar-refractivity contribution >= 4 is 11.4 Å². The number of aryl methyl sites for hydroxylation is 1. The Bertz CT molecular complexity index is 1100. The van der Waals surface area contributed by atoms with Crippen LogP contribution in [0.4, 0.5) is 11.4 Å². The van der Waals surface area contributed by atoms with Gasteiger partial charge in [0, 0.05) is 55.6 Å². The Morgan fingerprint density at radius 3 is 2.53 bits per heavy atom. The van der Waals surface area contributed by atoms with Crippen LogP contribution < -0.4 is 15.4 Å². The van der Waals surface area contributed by atoms with Crippen molar-refractivity contribution in [1.29, 1.82) is 0 Å². The van der Waals surface area contributed by atoms with Crippen molar-refractivity contribution in [2.75, 3.05) is 19.0 Å². The van der Waals surface area contributed by atoms with Gasteiger partial charge in [0.2, 0.25) is 0 Å². The molecule has 0 radical (unpaired) electrons. The van der Waals surface area contributed by atoms with Gasteiger partial charge in [-0.3, -0.25) is 0 Å². The molecule has 0 saturated carbocycles. The third kappa shape index (κ3) is 4.47. The van der Waals surface area contributed by atoms with E-state index in [1.165, 1.54) is 16.8 Å². The Morgan fingerprint density at radius 1 is 1.12 bits per heavy atom. The number of allylic oxidation sites excluding steroid dienone is 1. The molecule has 32 heavy (non-hydrogen) atoms. The fourth-order valence-electron chi connectivity index (χ4n) is 4.49. The highest BCUT2D eigenvalue weighted by Crippen LogP contribution is 2.34. The molecule has 3 N–H and O–H groups in total. The fraction of sp³-hybridized carbons (Fsp3) is 0.320. The summed E-state index contributed by atoms with van der Waals surface area (Å²) in [5, 5.41) is 28.6. The lowest BCUT2D eigenvalue weighted by atomic mass is 9.96. The molecule has 7 nitrogen and oxygen atoms in total. The third-order valence-electron chi connectivity index (χ3n) is 6.19. The topological polar surface area (TPSA) is 80.8 Å². The smallest absolute Gasteiger partial charge is 0.189 e. The normalized spacial score (nSPS) is 18.8. The Hall–Kier alpha value is -2.97. The molecule has 0 aliphatic heterocycles. The van der Waals surface area contributed by atoms with Gasteiger partial charge in [-0.15, -0.1) is 0 Å². The van der Waals surface area contributed by atoms with Crippen molar-refractivity contribution < 1.29 is 10.4 Å². The first-order valence-electron chi connectivity index (χ1n) is 10.9. The van der Waals surface area contributed by atoms with E-state index in [0.717, 1.165) is 24.4 Å². The average molecular weight is 434 g/mol. The van der Waals surface area contributed by atoms with Crippen LogP contribution in [-0.2, 0) is 6.54 Å². The third-order valence-corrected chi connectivity index (χ3v) is 6.19. The van der Waals surface area contributed by atoms with E-state index in [2.05, 4.69) is 46.6 Å². The van der Waals surface area contributed by atoms with Gasteiger partial charge in [-0.05, 0) is 44.0 Å². The molecule has 7 heteroatoms. The zero-order chi connectivity index (χ0) is 22.8. The van der Waals surface area contributed by atoms with Crippen LogP contribution in [-0.4, -0.2) is 35.1 Å². The molecule has 0 amide bonds. The van der Waals surface area contributed by atoms with Crippen LogP contribution in [0.1, 0.15) is 34.9 Å². The number of aromatic nitrogens is 2. The highest BCUT2D eigenvalue weighted by molar-refractivity contribution is 5.53. The summed E-state index contributed by atoms with van der Waals surface area (Å²) in [7, 11) is 4.09. The minimum absolute atomic E-state index is 0.256. The van der Waals surface area contributed by atoms with E-state index in [0.29, 0.717) is 11.7 Å². The Morgan fingerprint density at radius 2 is 1.84 bits per heavy atom. The largest absolute Gasteiger partial charge is 0.595 e. The first kappa shape index (κ1) is 22.2. The molecule has 3 atom stereocenters. The molecular weight excluding hydrogens is 402 g/mol. The minimum Gasteiger partial charge on any atom is -0.595 e. The van der Waals surface area contributed by atoms with E-state index in [1.54, 1.807) is 16.8 Å². The SMILES string of the molecule is Cc1nn(-c2ccccc2[NH+]([O-])O)c(C)c1C1C=CC(NCc2ccc(N(C)C)cc2)C1. The van der Waals surface area contributed by atoms with Gasteiger partial charge in [0.15, 0.2) is 5.69 Å². The number of hydrogen-bond acceptors (Lipinski definition) is 5. The number of benzene rings is 2. The zero-order valence-electron chi connectivity index (χ0n) is 19.0. The summed E-state index contributed by atoms with van der Waals surface area (Å²) in [6.45, 7) is 4.84. The Labute approximate surface area is 189 Å². The summed E-state index contributed by atoms with van der Waals surface area (Å²) < 4.78 is 1.77. The summed E-state index contributed by atoms with van der Waals surface area (Å²) in [5.74, 6) is 0.259. The quantitative estimate of drug-likeness (QED) is 0.394. The van der Waals surface area contributed by atoms with Gasteiger partial charge >= 0.3 is 0 Å². The number of anilines is 1. The van der Waals surface area contributed by atoms with Gasteiger partial charge in [0.25, 0.3) is 0 Å². The summed E-state index contributed by atoms with van der Waals surface area (Å²) >= 11 is 0. The molecule has 1 aromatic heterocycles. The molecule has 0 spiro atoms. The molecule has 0 fully saturated rings. The van der Waals surface area contributed by atoms with E-state index in [-0.39, 0.29) is 11.6 Å². The fourth-order valence-corrected chi connectivity index (χ4v) is 4.49. The first-order chi connectivity index (χ1) is 15.3. The monoisotopic (exact) mass is 433 g/mol. The first-order valence-corrected chi connectivity index (χ1v) is 10.9. The van der Waals surface area contributed by atoms with Crippen LogP contribution in [0.15, 0.2) is 60.7 Å². The maximum Gasteiger partial charge on any atom is 0.189 e. The molecule has 0 saturated heterocycles. The van der Waals surface area contributed by atoms with Crippen molar-refractivity contribution in [3.05, 3.63) is 88.4 Å². The molecular formula is C25H31N5O2. The lowest BCUT2D eigenvalue weighted by Gasteiger charge is -2.17. The lowest BCUT2D eigenvalue weighted by Crippen LogP contribution is -2.99. The molecule has 168 valence electrons. The van der Waals surface area contributed by atoms with Crippen molar-refractivity contribution in [3.63, 3.8) is 0 Å². The number of para-hydroxylation sites is 2. The van der Waals surface area contributed by atoms with Gasteiger partial charge in [0.1, 0.15) is 5.69 Å². The van der Waals surface area contributed by atoms with Crippen molar-refractivity contribution in [2.24, 2.45) is 0 Å². The molecule has 0 bridgehead atoms. The number of rotatable bonds is 7. The second-order valence-electron chi connectivity index (χ2n) is 8.59. The van der Waals surface area contributed by atoms with Gasteiger partial charge in [-0.2, -0.15) is 10.3 Å². The molecule has 3 unspecified atom stereocenters. The van der Waals surface area contributed by atoms with Gasteiger partial charge in [-0.1, -0.05) is 36.4 Å². The number of nitrogens with one attached hydrogen (secondary N) is 2. The highest BCUT2D eigenvalue weighted by atomic mass is 16.8. The van der Waals surface area contributed by atoms with Crippen LogP contribution in [0, 0.1) is 19.1 Å². The van der Waals surface area contributed by atoms with Crippen LogP contribution >= 0.6 is 0 Å². The Balaban J connectivity index is 1.46. The van der Waals surface area contributed by atoms with Crippen molar-refractivity contribution in [1.82, 2.24) is 15.1 Å². The van der Waals surface area contributed by atoms with Crippen LogP contribution in [0.25, 0.3) is 5.69 Å². The van der Waals surface area contributed by atoms with E-state index in [9.17, 15) is 10.4 Å². The summed E-state index contributed by atoms with van der Waals surface area (Å²) in [5.41, 5.74) is 6.43. The number of nitrogens with zero attached hydrogens (tertiary/aromatic N) is 3. The van der Waals surface area contributed by atoms with Gasteiger partial charge in [-0.25, -0.2) is 9.89 Å². The molecule has 1 heterocycles. The molecule has 1 aliphatic rings. The summed E-state index contributed by atoms with van der Waals surface area (Å²) in [4.78, 5) is 2.10. The van der Waals surface area contributed by atoms with Crippen LogP contribution in [0.3, 0.4) is 0 Å². The second kappa shape index (κ2) is 9.26. The van der Waals surface area contributed by atoms with E-state index < -0.39 is 5.23 Å². The standard InChI is InChI=1S/C25H31N5O2/c1-17-25(18(2)29(27-17)23-7-5-6-8-24(23)30(31)32)20-11-12-21(15-20)26-16-19-9-13-22(14-10-19)28(3)4/h5-14,20-21,26,30-31H,15-16H2,1-4H3. The maximum absolute atomic E-state index is 11.7. The van der Waals surface area contributed by atoms with Gasteiger partial charge in [0.05, 0.1) is 5.69 Å². The van der Waals surface area contributed by atoms with Crippen LogP contribution in [0.2, 0.25) is 0 Å². The van der Waals surface area contributed by atoms with Crippen LogP contribution in [0.5, 0.6) is 0 Å². The lowest BCUT2D eigenvalue weighted by molar-refractivity contribution is -0.991. The molecule has 4 rings (SSSR count). The average Bonchev–Trinajstić information content (AvgIpc) is 3.35. The summed E-state index contributed by atoms with van der Waals surface area (Å²) in [6, 6.07) is 15.9. The number of quaternary nitrogens is 1. The minimum atomic E-state index is -0.946. The van der Waals surface area contributed by atoms with Crippen molar-refractivity contribution in [3.8, 4) is 5.69 Å². The van der Waals surface area contributed by atoms with E-state index in [1.807, 2.05) is 40.1 Å². The maximum atomic E-state index is 11.7. The van der Waals surface area contributed by atoms with E-state index in [4.69, 9.17) is 5.10 Å². The molecule has 1 aliphatic carbocycles. The molecule has 3 aromatic rings. The zero-order valence-corrected chi connectivity index (χ0v) is 19.0. The highest BCUT2D eigenvalue weighted by Gasteiger charge is 2.27. The van der Waals surface area contributed by atoms with Crippen molar-refractivity contribution in [2.45, 2.75) is 38.8 Å².